The van der Waals surface area contributed by atoms with Gasteiger partial charge in [0, 0.05) is 11.6 Å². The van der Waals surface area contributed by atoms with Gasteiger partial charge in [-0.25, -0.2) is 4.39 Å². The van der Waals surface area contributed by atoms with E-state index < -0.39 is 0 Å². The van der Waals surface area contributed by atoms with Crippen molar-refractivity contribution in [2.75, 3.05) is 0 Å². The van der Waals surface area contributed by atoms with Gasteiger partial charge in [0.25, 0.3) is 0 Å². The van der Waals surface area contributed by atoms with E-state index >= 15 is 0 Å². The van der Waals surface area contributed by atoms with Crippen molar-refractivity contribution < 1.29 is 9.60 Å². The van der Waals surface area contributed by atoms with Crippen LogP contribution in [0.1, 0.15) is 58.4 Å². The molecule has 5 rings (SSSR count). The normalized spacial score (nSPS) is 39.8. The van der Waals surface area contributed by atoms with E-state index in [4.69, 9.17) is 0 Å². The number of fused-ring (bicyclic) bond motifs is 5. The van der Waals surface area contributed by atoms with Crippen LogP contribution in [-0.4, -0.2) is 15.9 Å². The predicted octanol–water partition coefficient (Wildman–Crippen LogP) is 6.17. The fourth-order valence-electron chi connectivity index (χ4n) is 7.04. The number of oxime groups is 1. The van der Waals surface area contributed by atoms with Crippen LogP contribution in [0.25, 0.3) is 5.57 Å². The maximum absolute atomic E-state index is 13.8. The lowest BCUT2D eigenvalue weighted by atomic mass is 9.46. The highest BCUT2D eigenvalue weighted by atomic mass is 19.1. The van der Waals surface area contributed by atoms with E-state index in [0.717, 1.165) is 37.0 Å². The number of hydrogen-bond acceptors (Lipinski definition) is 3. The largest absolute Gasteiger partial charge is 0.411 e. The van der Waals surface area contributed by atoms with Crippen LogP contribution in [-0.2, 0) is 0 Å². The van der Waals surface area contributed by atoms with Gasteiger partial charge < -0.3 is 5.21 Å². The molecule has 0 amide bonds. The van der Waals surface area contributed by atoms with Gasteiger partial charge >= 0.3 is 0 Å². The van der Waals surface area contributed by atoms with Crippen molar-refractivity contribution in [3.63, 3.8) is 0 Å². The van der Waals surface area contributed by atoms with Gasteiger partial charge in [0.2, 0.25) is 0 Å². The van der Waals surface area contributed by atoms with E-state index in [1.165, 1.54) is 29.3 Å². The van der Waals surface area contributed by atoms with Gasteiger partial charge in [-0.2, -0.15) is 0 Å². The summed E-state index contributed by atoms with van der Waals surface area (Å²) in [7, 11) is 0. The third-order valence-corrected chi connectivity index (χ3v) is 8.48. The summed E-state index contributed by atoms with van der Waals surface area (Å²) in [6.45, 7) is 7.10. The molecule has 1 N–H and O–H groups in total. The summed E-state index contributed by atoms with van der Waals surface area (Å²) in [6, 6.07) is 1.62. The van der Waals surface area contributed by atoms with Gasteiger partial charge in [-0.3, -0.25) is 4.98 Å². The van der Waals surface area contributed by atoms with Crippen molar-refractivity contribution in [1.82, 2.24) is 4.98 Å². The maximum Gasteiger partial charge on any atom is 0.142 e. The monoisotopic (exact) mass is 392 g/mol. The summed E-state index contributed by atoms with van der Waals surface area (Å²) in [4.78, 5) is 4.09. The first-order valence-corrected chi connectivity index (χ1v) is 10.8. The summed E-state index contributed by atoms with van der Waals surface area (Å²) in [5.74, 6) is 1.37. The zero-order chi connectivity index (χ0) is 20.4. The Morgan fingerprint density at radius 1 is 1.17 bits per heavy atom. The smallest absolute Gasteiger partial charge is 0.142 e. The van der Waals surface area contributed by atoms with E-state index in [0.29, 0.717) is 17.8 Å². The molecule has 0 aliphatic heterocycles. The van der Waals surface area contributed by atoms with Crippen LogP contribution in [0.2, 0.25) is 0 Å². The predicted molar refractivity (Wildman–Crippen MR) is 113 cm³/mol. The second kappa shape index (κ2) is 6.38. The fourth-order valence-corrected chi connectivity index (χ4v) is 7.04. The Hall–Kier alpha value is -2.23. The molecule has 5 atom stereocenters. The summed E-state index contributed by atoms with van der Waals surface area (Å²) in [6.07, 6.45) is 15.1. The summed E-state index contributed by atoms with van der Waals surface area (Å²) in [5, 5.41) is 12.8. The average Bonchev–Trinajstić information content (AvgIpc) is 3.05. The molecule has 0 radical (unpaired) electrons. The molecule has 1 heterocycles. The van der Waals surface area contributed by atoms with Crippen LogP contribution >= 0.6 is 0 Å². The van der Waals surface area contributed by atoms with Crippen molar-refractivity contribution in [2.45, 2.75) is 52.9 Å². The third-order valence-electron chi connectivity index (χ3n) is 8.48. The van der Waals surface area contributed by atoms with Crippen molar-refractivity contribution in [1.29, 1.82) is 0 Å². The zero-order valence-corrected chi connectivity index (χ0v) is 17.5. The Bertz CT molecular complexity index is 990. The molecule has 0 saturated heterocycles. The molecule has 1 aromatic heterocycles. The molecule has 3 nitrogen and oxygen atoms in total. The standard InChI is InChI=1S/C25H29FN2O/c1-15-10-19-21-5-4-20(16-11-17(26)14-27-13-16)24(21,2)9-7-22(19)25(3)8-6-18(28-29)12-23(15)25/h4-5,11-15,19,22,29H,6-10H2,1-3H3/t15?,19-,22-,24+,25+/m0/s1. The Kier molecular flexibility index (Phi) is 4.13. The molecular weight excluding hydrogens is 363 g/mol. The number of aromatic nitrogens is 1. The highest BCUT2D eigenvalue weighted by Crippen LogP contribution is 2.66. The first kappa shape index (κ1) is 18.8. The Morgan fingerprint density at radius 2 is 2.00 bits per heavy atom. The zero-order valence-electron chi connectivity index (χ0n) is 17.5. The SMILES string of the molecule is CC1C[C@H]2C3=CC=C(c4cncc(F)c4)[C@@]3(C)CC[C@@H]2[C@@]2(C)CCC(=NO)C=C12. The molecule has 0 spiro atoms. The first-order chi connectivity index (χ1) is 13.9. The van der Waals surface area contributed by atoms with Crippen molar-refractivity contribution in [2.24, 2.45) is 33.7 Å². The highest BCUT2D eigenvalue weighted by molar-refractivity contribution is 5.96. The van der Waals surface area contributed by atoms with Crippen LogP contribution in [0.15, 0.2) is 53.0 Å². The quantitative estimate of drug-likeness (QED) is 0.459. The number of halogens is 1. The van der Waals surface area contributed by atoms with Gasteiger partial charge in [-0.1, -0.05) is 49.2 Å². The Morgan fingerprint density at radius 3 is 2.76 bits per heavy atom. The molecule has 0 aromatic carbocycles. The van der Waals surface area contributed by atoms with Crippen LogP contribution in [0, 0.1) is 34.4 Å². The summed E-state index contributed by atoms with van der Waals surface area (Å²) < 4.78 is 13.8. The second-order valence-corrected chi connectivity index (χ2v) is 9.92. The van der Waals surface area contributed by atoms with Crippen LogP contribution in [0.4, 0.5) is 4.39 Å². The minimum atomic E-state index is -0.272. The fraction of sp³-hybridized carbons (Fsp3) is 0.520. The van der Waals surface area contributed by atoms with Crippen molar-refractivity contribution in [3.8, 4) is 0 Å². The molecule has 29 heavy (non-hydrogen) atoms. The molecule has 4 aliphatic carbocycles. The lowest BCUT2D eigenvalue weighted by molar-refractivity contribution is 0.0532. The molecule has 1 aromatic rings. The van der Waals surface area contributed by atoms with Crippen LogP contribution in [0.3, 0.4) is 0 Å². The topological polar surface area (TPSA) is 45.5 Å². The Balaban J connectivity index is 1.51. The van der Waals surface area contributed by atoms with Gasteiger partial charge in [0.05, 0.1) is 11.9 Å². The molecule has 4 aliphatic rings. The Labute approximate surface area is 172 Å². The van der Waals surface area contributed by atoms with E-state index in [1.54, 1.807) is 12.3 Å². The second-order valence-electron chi connectivity index (χ2n) is 9.92. The van der Waals surface area contributed by atoms with Gasteiger partial charge in [0.15, 0.2) is 0 Å². The van der Waals surface area contributed by atoms with Gasteiger partial charge in [-0.15, -0.1) is 0 Å². The first-order valence-electron chi connectivity index (χ1n) is 10.8. The molecule has 4 heteroatoms. The van der Waals surface area contributed by atoms with Crippen LogP contribution < -0.4 is 0 Å². The summed E-state index contributed by atoms with van der Waals surface area (Å²) in [5.41, 5.74) is 6.10. The van der Waals surface area contributed by atoms with Gasteiger partial charge in [0.1, 0.15) is 5.82 Å². The summed E-state index contributed by atoms with van der Waals surface area (Å²) >= 11 is 0. The average molecular weight is 393 g/mol. The number of nitrogens with zero attached hydrogens (tertiary/aromatic N) is 2. The maximum atomic E-state index is 13.8. The molecule has 2 saturated carbocycles. The lowest BCUT2D eigenvalue weighted by Crippen LogP contribution is -2.49. The molecular formula is C25H29FN2O. The number of allylic oxidation sites excluding steroid dienone is 6. The van der Waals surface area contributed by atoms with Crippen molar-refractivity contribution >= 4 is 11.3 Å². The van der Waals surface area contributed by atoms with E-state index in [1.807, 2.05) is 0 Å². The van der Waals surface area contributed by atoms with Crippen molar-refractivity contribution in [3.05, 3.63) is 59.2 Å². The molecule has 152 valence electrons. The number of rotatable bonds is 1. The lowest BCUT2D eigenvalue weighted by Gasteiger charge is -2.57. The highest BCUT2D eigenvalue weighted by Gasteiger charge is 2.56. The molecule has 0 bridgehead atoms. The van der Waals surface area contributed by atoms with Gasteiger partial charge in [-0.05, 0) is 78.6 Å². The van der Waals surface area contributed by atoms with Crippen LogP contribution in [0.5, 0.6) is 0 Å². The number of pyridine rings is 1. The van der Waals surface area contributed by atoms with E-state index in [2.05, 4.69) is 49.1 Å². The third kappa shape index (κ3) is 2.60. The molecule has 2 fully saturated rings. The van der Waals surface area contributed by atoms with E-state index in [-0.39, 0.29) is 16.6 Å². The molecule has 1 unspecified atom stereocenters. The van der Waals surface area contributed by atoms with E-state index in [9.17, 15) is 9.60 Å². The number of hydrogen-bond donors (Lipinski definition) is 1. The minimum Gasteiger partial charge on any atom is -0.411 e. The minimum absolute atomic E-state index is 0.0275.